The van der Waals surface area contributed by atoms with Crippen LogP contribution in [0.25, 0.3) is 0 Å². The summed E-state index contributed by atoms with van der Waals surface area (Å²) in [5.41, 5.74) is 4.47. The monoisotopic (exact) mass is 287 g/mol. The molecule has 20 heavy (non-hydrogen) atoms. The number of nitrogens with zero attached hydrogens (tertiary/aromatic N) is 2. The second kappa shape index (κ2) is 6.63. The van der Waals surface area contributed by atoms with E-state index >= 15 is 0 Å². The zero-order valence-corrected chi connectivity index (χ0v) is 11.8. The Morgan fingerprint density at radius 1 is 1.25 bits per heavy atom. The molecule has 6 heteroatoms. The lowest BCUT2D eigenvalue weighted by molar-refractivity contribution is -0.672. The number of hydrogen-bond donors (Lipinski definition) is 3. The van der Waals surface area contributed by atoms with Gasteiger partial charge in [0.15, 0.2) is 10.9 Å². The fourth-order valence-electron chi connectivity index (χ4n) is 1.58. The van der Waals surface area contributed by atoms with E-state index in [-0.39, 0.29) is 5.75 Å². The highest BCUT2D eigenvalue weighted by Gasteiger charge is 2.04. The van der Waals surface area contributed by atoms with E-state index in [0.29, 0.717) is 5.11 Å². The summed E-state index contributed by atoms with van der Waals surface area (Å²) in [4.78, 5) is 0. The van der Waals surface area contributed by atoms with Gasteiger partial charge in [0.05, 0.1) is 0 Å². The predicted octanol–water partition coefficient (Wildman–Crippen LogP) is 1.54. The zero-order chi connectivity index (χ0) is 14.4. The second-order valence-electron chi connectivity index (χ2n) is 4.11. The van der Waals surface area contributed by atoms with Crippen LogP contribution in [0, 0.1) is 0 Å². The zero-order valence-electron chi connectivity index (χ0n) is 10.9. The lowest BCUT2D eigenvalue weighted by Crippen LogP contribution is -2.33. The number of aromatic nitrogens is 1. The van der Waals surface area contributed by atoms with E-state index in [9.17, 15) is 5.11 Å². The van der Waals surface area contributed by atoms with Crippen LogP contribution in [0.5, 0.6) is 5.75 Å². The number of aryl methyl sites for hydroxylation is 1. The number of nitrogens with one attached hydrogen (secondary N) is 2. The summed E-state index contributed by atoms with van der Waals surface area (Å²) in [6, 6.07) is 13.0. The van der Waals surface area contributed by atoms with Crippen molar-refractivity contribution in [3.8, 4) is 5.75 Å². The molecule has 0 aliphatic carbocycles. The van der Waals surface area contributed by atoms with E-state index in [1.54, 1.807) is 29.1 Å². The van der Waals surface area contributed by atoms with Crippen molar-refractivity contribution >= 4 is 29.2 Å². The summed E-state index contributed by atoms with van der Waals surface area (Å²) in [7, 11) is 1.82. The Kier molecular flexibility index (Phi) is 4.62. The Morgan fingerprint density at radius 3 is 2.70 bits per heavy atom. The van der Waals surface area contributed by atoms with Gasteiger partial charge in [0.1, 0.15) is 13.3 Å². The minimum atomic E-state index is 0.207. The van der Waals surface area contributed by atoms with Crippen molar-refractivity contribution in [2.24, 2.45) is 12.1 Å². The molecule has 0 bridgehead atoms. The fourth-order valence-corrected chi connectivity index (χ4v) is 1.75. The lowest BCUT2D eigenvalue weighted by atomic mass is 10.3. The molecule has 0 saturated carbocycles. The molecule has 5 nitrogen and oxygen atoms in total. The van der Waals surface area contributed by atoms with Gasteiger partial charge in [-0.1, -0.05) is 18.2 Å². The molecule has 102 valence electrons. The van der Waals surface area contributed by atoms with Crippen molar-refractivity contribution < 1.29 is 9.67 Å². The standard InChI is InChI=1S/C14H14N4OS/c1-18-10-13(19)8-7-12(18)9-15-17-14(20)16-11-5-3-2-4-6-11/h2-10H,1H3,(H2,16,19,20)/p+1. The Labute approximate surface area is 122 Å². The Balaban J connectivity index is 1.91. The van der Waals surface area contributed by atoms with Crippen LogP contribution in [0.15, 0.2) is 53.8 Å². The van der Waals surface area contributed by atoms with Crippen LogP contribution < -0.4 is 15.3 Å². The highest BCUT2D eigenvalue weighted by molar-refractivity contribution is 7.80. The van der Waals surface area contributed by atoms with Crippen molar-refractivity contribution in [1.82, 2.24) is 5.43 Å². The van der Waals surface area contributed by atoms with Crippen LogP contribution in [0.1, 0.15) is 5.69 Å². The van der Waals surface area contributed by atoms with Crippen LogP contribution in [0.3, 0.4) is 0 Å². The average molecular weight is 287 g/mol. The molecule has 3 N–H and O–H groups in total. The fraction of sp³-hybridized carbons (Fsp3) is 0.0714. The molecule has 0 aliphatic heterocycles. The van der Waals surface area contributed by atoms with Crippen LogP contribution in [0.4, 0.5) is 5.69 Å². The molecule has 1 aromatic heterocycles. The van der Waals surface area contributed by atoms with Crippen LogP contribution in [-0.2, 0) is 7.05 Å². The summed E-state index contributed by atoms with van der Waals surface area (Å²) in [6.45, 7) is 0. The lowest BCUT2D eigenvalue weighted by Gasteiger charge is -2.05. The van der Waals surface area contributed by atoms with Crippen LogP contribution in [0.2, 0.25) is 0 Å². The molecule has 0 unspecified atom stereocenters. The van der Waals surface area contributed by atoms with Crippen LogP contribution >= 0.6 is 12.2 Å². The van der Waals surface area contributed by atoms with Crippen molar-refractivity contribution in [2.75, 3.05) is 5.32 Å². The van der Waals surface area contributed by atoms with Gasteiger partial charge in [0.2, 0.25) is 11.9 Å². The molecule has 0 aliphatic rings. The third-order valence-electron chi connectivity index (χ3n) is 2.55. The first-order valence-electron chi connectivity index (χ1n) is 5.99. The highest BCUT2D eigenvalue weighted by atomic mass is 32.1. The molecule has 0 saturated heterocycles. The number of pyridine rings is 1. The predicted molar refractivity (Wildman–Crippen MR) is 82.7 cm³/mol. The largest absolute Gasteiger partial charge is 0.503 e. The maximum atomic E-state index is 9.30. The van der Waals surface area contributed by atoms with E-state index < -0.39 is 0 Å². The second-order valence-corrected chi connectivity index (χ2v) is 4.52. The number of anilines is 1. The Morgan fingerprint density at radius 2 is 2.00 bits per heavy atom. The van der Waals surface area contributed by atoms with Crippen molar-refractivity contribution in [3.63, 3.8) is 0 Å². The number of hydrogen-bond acceptors (Lipinski definition) is 3. The molecular formula is C14H15N4OS+. The van der Waals surface area contributed by atoms with Gasteiger partial charge in [-0.2, -0.15) is 9.67 Å². The summed E-state index contributed by atoms with van der Waals surface area (Å²) < 4.78 is 1.76. The molecular weight excluding hydrogens is 272 g/mol. The summed E-state index contributed by atoms with van der Waals surface area (Å²) in [5.74, 6) is 0.207. The summed E-state index contributed by atoms with van der Waals surface area (Å²) >= 11 is 5.12. The summed E-state index contributed by atoms with van der Waals surface area (Å²) in [6.07, 6.45) is 3.22. The number of aromatic hydroxyl groups is 1. The maximum absolute atomic E-state index is 9.30. The Hall–Kier alpha value is -2.47. The van der Waals surface area contributed by atoms with Gasteiger partial charge in [0, 0.05) is 11.8 Å². The van der Waals surface area contributed by atoms with Crippen LogP contribution in [-0.4, -0.2) is 16.4 Å². The van der Waals surface area contributed by atoms with Gasteiger partial charge >= 0.3 is 0 Å². The average Bonchev–Trinajstić information content (AvgIpc) is 2.42. The summed E-state index contributed by atoms with van der Waals surface area (Å²) in [5, 5.41) is 16.8. The van der Waals surface area contributed by atoms with E-state index in [2.05, 4.69) is 15.8 Å². The maximum Gasteiger partial charge on any atom is 0.225 e. The van der Waals surface area contributed by atoms with Gasteiger partial charge in [-0.25, -0.2) is 0 Å². The first-order chi connectivity index (χ1) is 9.65. The van der Waals surface area contributed by atoms with E-state index in [4.69, 9.17) is 12.2 Å². The third kappa shape index (κ3) is 4.03. The van der Waals surface area contributed by atoms with Gasteiger partial charge < -0.3 is 10.4 Å². The third-order valence-corrected chi connectivity index (χ3v) is 2.75. The molecule has 0 atom stereocenters. The number of hydrazone groups is 1. The van der Waals surface area contributed by atoms with Crippen molar-refractivity contribution in [1.29, 1.82) is 0 Å². The van der Waals surface area contributed by atoms with E-state index in [1.807, 2.05) is 37.4 Å². The number of rotatable bonds is 3. The molecule has 2 aromatic rings. The van der Waals surface area contributed by atoms with Gasteiger partial charge in [-0.3, -0.25) is 5.43 Å². The molecule has 0 radical (unpaired) electrons. The van der Waals surface area contributed by atoms with E-state index in [0.717, 1.165) is 11.4 Å². The first-order valence-corrected chi connectivity index (χ1v) is 6.40. The molecule has 1 heterocycles. The SMILES string of the molecule is C[n+]1cc(O)ccc1C=NNC(=S)Nc1ccccc1. The Bertz CT molecular complexity index is 628. The number of para-hydroxylation sites is 1. The normalized spacial score (nSPS) is 10.4. The number of thiocarbonyl (C=S) groups is 1. The molecule has 2 rings (SSSR count). The first kappa shape index (κ1) is 14.0. The molecule has 0 spiro atoms. The topological polar surface area (TPSA) is 60.5 Å². The van der Waals surface area contributed by atoms with Gasteiger partial charge in [-0.15, -0.1) is 0 Å². The number of benzene rings is 1. The van der Waals surface area contributed by atoms with E-state index in [1.165, 1.54) is 0 Å². The molecule has 0 fully saturated rings. The quantitative estimate of drug-likeness (QED) is 0.347. The van der Waals surface area contributed by atoms with Gasteiger partial charge in [-0.05, 0) is 30.4 Å². The molecule has 1 aromatic carbocycles. The van der Waals surface area contributed by atoms with Gasteiger partial charge in [0.25, 0.3) is 0 Å². The van der Waals surface area contributed by atoms with Crippen molar-refractivity contribution in [3.05, 3.63) is 54.4 Å². The minimum Gasteiger partial charge on any atom is -0.503 e. The minimum absolute atomic E-state index is 0.207. The smallest absolute Gasteiger partial charge is 0.225 e. The molecule has 0 amide bonds. The highest BCUT2D eigenvalue weighted by Crippen LogP contribution is 2.04. The van der Waals surface area contributed by atoms with Crippen molar-refractivity contribution in [2.45, 2.75) is 0 Å².